The number of furan rings is 1. The highest BCUT2D eigenvalue weighted by Gasteiger charge is 2.47. The molecule has 1 fully saturated rings. The number of ether oxygens (including phenoxy) is 1. The molecule has 0 radical (unpaired) electrons. The lowest BCUT2D eigenvalue weighted by atomic mass is 9.99. The Hall–Kier alpha value is -3.39. The van der Waals surface area contributed by atoms with Crippen molar-refractivity contribution in [2.45, 2.75) is 12.5 Å². The zero-order valence-electron chi connectivity index (χ0n) is 17.0. The van der Waals surface area contributed by atoms with Gasteiger partial charge in [0, 0.05) is 12.1 Å². The van der Waals surface area contributed by atoms with Gasteiger partial charge < -0.3 is 19.2 Å². The Morgan fingerprint density at radius 1 is 1.19 bits per heavy atom. The van der Waals surface area contributed by atoms with Crippen molar-refractivity contribution in [1.29, 1.82) is 0 Å². The van der Waals surface area contributed by atoms with Gasteiger partial charge in [0.2, 0.25) is 0 Å². The first-order valence-electron chi connectivity index (χ1n) is 9.81. The summed E-state index contributed by atoms with van der Waals surface area (Å²) >= 11 is 3.37. The highest BCUT2D eigenvalue weighted by molar-refractivity contribution is 9.10. The van der Waals surface area contributed by atoms with E-state index in [2.05, 4.69) is 15.9 Å². The van der Waals surface area contributed by atoms with Gasteiger partial charge in [-0.1, -0.05) is 12.1 Å². The van der Waals surface area contributed by atoms with Crippen LogP contribution in [0.3, 0.4) is 0 Å². The van der Waals surface area contributed by atoms with Crippen molar-refractivity contribution < 1.29 is 28.2 Å². The normalized spacial score (nSPS) is 17.7. The van der Waals surface area contributed by atoms with E-state index >= 15 is 0 Å². The predicted octanol–water partition coefficient (Wildman–Crippen LogP) is 4.85. The molecule has 4 rings (SSSR count). The number of carbonyl (C=O) groups excluding carboxylic acids is 2. The fraction of sp³-hybridized carbons (Fsp3) is 0.167. The van der Waals surface area contributed by atoms with Gasteiger partial charge in [-0.05, 0) is 70.4 Å². The Labute approximate surface area is 192 Å². The summed E-state index contributed by atoms with van der Waals surface area (Å²) in [4.78, 5) is 27.2. The SMILES string of the molecule is COc1ccc(/C(O)=C2/C(=O)C(=O)N(CCc3ccc(F)cc3)C2c2ccco2)cc1Br. The van der Waals surface area contributed by atoms with Crippen molar-refractivity contribution in [2.75, 3.05) is 13.7 Å². The zero-order chi connectivity index (χ0) is 22.8. The molecule has 1 aromatic heterocycles. The van der Waals surface area contributed by atoms with Gasteiger partial charge in [0.15, 0.2) is 0 Å². The fourth-order valence-corrected chi connectivity index (χ4v) is 4.26. The van der Waals surface area contributed by atoms with Crippen LogP contribution in [0.5, 0.6) is 5.75 Å². The molecule has 8 heteroatoms. The van der Waals surface area contributed by atoms with Gasteiger partial charge in [-0.2, -0.15) is 0 Å². The van der Waals surface area contributed by atoms with Crippen molar-refractivity contribution in [2.24, 2.45) is 0 Å². The van der Waals surface area contributed by atoms with Crippen molar-refractivity contribution in [1.82, 2.24) is 4.90 Å². The van der Waals surface area contributed by atoms with E-state index in [0.29, 0.717) is 28.0 Å². The largest absolute Gasteiger partial charge is 0.507 e. The monoisotopic (exact) mass is 499 g/mol. The number of carbonyl (C=O) groups is 2. The van der Waals surface area contributed by atoms with E-state index in [0.717, 1.165) is 5.56 Å². The first kappa shape index (κ1) is 21.8. The first-order valence-corrected chi connectivity index (χ1v) is 10.6. The third-order valence-electron chi connectivity index (χ3n) is 5.33. The summed E-state index contributed by atoms with van der Waals surface area (Å²) in [6, 6.07) is 13.2. The maximum absolute atomic E-state index is 13.2. The number of methoxy groups -OCH3 is 1. The minimum absolute atomic E-state index is 0.0545. The number of likely N-dealkylation sites (tertiary alicyclic amines) is 1. The number of ketones is 1. The number of hydrogen-bond donors (Lipinski definition) is 1. The van der Waals surface area contributed by atoms with Crippen LogP contribution in [-0.4, -0.2) is 35.4 Å². The molecule has 2 heterocycles. The Morgan fingerprint density at radius 2 is 1.94 bits per heavy atom. The van der Waals surface area contributed by atoms with E-state index in [9.17, 15) is 19.1 Å². The molecule has 1 unspecified atom stereocenters. The van der Waals surface area contributed by atoms with E-state index < -0.39 is 17.7 Å². The second-order valence-corrected chi connectivity index (χ2v) is 8.09. The van der Waals surface area contributed by atoms with Crippen molar-refractivity contribution in [3.05, 3.63) is 93.6 Å². The van der Waals surface area contributed by atoms with Gasteiger partial charge in [0.1, 0.15) is 29.1 Å². The van der Waals surface area contributed by atoms with Crippen molar-refractivity contribution in [3.63, 3.8) is 0 Å². The molecule has 0 aliphatic carbocycles. The Morgan fingerprint density at radius 3 is 2.56 bits per heavy atom. The zero-order valence-corrected chi connectivity index (χ0v) is 18.6. The minimum atomic E-state index is -0.883. The van der Waals surface area contributed by atoms with E-state index in [-0.39, 0.29) is 23.7 Å². The van der Waals surface area contributed by atoms with Crippen LogP contribution in [0.25, 0.3) is 5.76 Å². The number of nitrogens with zero attached hydrogens (tertiary/aromatic N) is 1. The number of aliphatic hydroxyl groups excluding tert-OH is 1. The Bertz CT molecular complexity index is 1190. The Balaban J connectivity index is 1.73. The molecule has 1 aliphatic heterocycles. The third kappa shape index (κ3) is 4.05. The van der Waals surface area contributed by atoms with Crippen molar-refractivity contribution in [3.8, 4) is 5.75 Å². The van der Waals surface area contributed by atoms with Gasteiger partial charge >= 0.3 is 0 Å². The average Bonchev–Trinajstić information content (AvgIpc) is 3.40. The lowest BCUT2D eigenvalue weighted by Gasteiger charge is -2.23. The summed E-state index contributed by atoms with van der Waals surface area (Å²) < 4.78 is 24.5. The van der Waals surface area contributed by atoms with Gasteiger partial charge in [-0.3, -0.25) is 9.59 Å². The lowest BCUT2D eigenvalue weighted by Crippen LogP contribution is -2.31. The maximum atomic E-state index is 13.2. The van der Waals surface area contributed by atoms with Crippen LogP contribution in [-0.2, 0) is 16.0 Å². The maximum Gasteiger partial charge on any atom is 0.295 e. The number of hydrogen-bond acceptors (Lipinski definition) is 5. The summed E-state index contributed by atoms with van der Waals surface area (Å²) in [6.45, 7) is 0.185. The second-order valence-electron chi connectivity index (χ2n) is 7.23. The molecule has 6 nitrogen and oxygen atoms in total. The molecule has 164 valence electrons. The smallest absolute Gasteiger partial charge is 0.295 e. The van der Waals surface area contributed by atoms with E-state index in [4.69, 9.17) is 9.15 Å². The van der Waals surface area contributed by atoms with Gasteiger partial charge in [-0.25, -0.2) is 4.39 Å². The summed E-state index contributed by atoms with van der Waals surface area (Å²) in [6.07, 6.45) is 1.85. The van der Waals surface area contributed by atoms with Crippen LogP contribution in [0, 0.1) is 5.82 Å². The number of rotatable bonds is 6. The highest BCUT2D eigenvalue weighted by Crippen LogP contribution is 2.40. The van der Waals surface area contributed by atoms with Crippen LogP contribution >= 0.6 is 15.9 Å². The first-order chi connectivity index (χ1) is 15.4. The van der Waals surface area contributed by atoms with Crippen LogP contribution in [0.4, 0.5) is 4.39 Å². The highest BCUT2D eigenvalue weighted by atomic mass is 79.9. The second kappa shape index (κ2) is 9.00. The molecular weight excluding hydrogens is 481 g/mol. The van der Waals surface area contributed by atoms with Crippen LogP contribution in [0.1, 0.15) is 22.9 Å². The quantitative estimate of drug-likeness (QED) is 0.297. The number of Topliss-reactive ketones (excluding diaryl/α,β-unsaturated/α-hetero) is 1. The van der Waals surface area contributed by atoms with Crippen LogP contribution in [0.2, 0.25) is 0 Å². The molecule has 3 aromatic rings. The summed E-state index contributed by atoms with van der Waals surface area (Å²) in [5.41, 5.74) is 1.11. The molecule has 1 N–H and O–H groups in total. The summed E-state index contributed by atoms with van der Waals surface area (Å²) in [5.74, 6) is -1.27. The summed E-state index contributed by atoms with van der Waals surface area (Å²) in [7, 11) is 1.52. The fourth-order valence-electron chi connectivity index (χ4n) is 3.72. The third-order valence-corrected chi connectivity index (χ3v) is 5.95. The molecule has 0 saturated carbocycles. The molecular formula is C24H19BrFNO5. The standard InChI is InChI=1S/C24H19BrFNO5/c1-31-18-9-6-15(13-17(18)25)22(28)20-21(19-3-2-12-32-19)27(24(30)23(20)29)11-10-14-4-7-16(26)8-5-14/h2-9,12-13,21,28H,10-11H2,1H3/b22-20-. The molecule has 2 aromatic carbocycles. The number of halogens is 2. The lowest BCUT2D eigenvalue weighted by molar-refractivity contribution is -0.140. The van der Waals surface area contributed by atoms with Gasteiger partial charge in [0.25, 0.3) is 11.7 Å². The summed E-state index contributed by atoms with van der Waals surface area (Å²) in [5, 5.41) is 11.0. The topological polar surface area (TPSA) is 80.0 Å². The minimum Gasteiger partial charge on any atom is -0.507 e. The molecule has 0 bridgehead atoms. The van der Waals surface area contributed by atoms with Crippen molar-refractivity contribution >= 4 is 33.4 Å². The predicted molar refractivity (Wildman–Crippen MR) is 119 cm³/mol. The van der Waals surface area contributed by atoms with Gasteiger partial charge in [-0.15, -0.1) is 0 Å². The number of benzene rings is 2. The molecule has 1 amide bonds. The van der Waals surface area contributed by atoms with Gasteiger partial charge in [0.05, 0.1) is 23.4 Å². The number of amides is 1. The molecule has 1 aliphatic rings. The van der Waals surface area contributed by atoms with E-state index in [1.165, 1.54) is 30.4 Å². The van der Waals surface area contributed by atoms with Crippen LogP contribution < -0.4 is 4.74 Å². The number of aliphatic hydroxyl groups is 1. The van der Waals surface area contributed by atoms with E-state index in [1.807, 2.05) is 0 Å². The van der Waals surface area contributed by atoms with E-state index in [1.54, 1.807) is 42.5 Å². The van der Waals surface area contributed by atoms with Crippen LogP contribution in [0.15, 0.2) is 75.3 Å². The average molecular weight is 500 g/mol. The Kier molecular flexibility index (Phi) is 6.14. The molecule has 32 heavy (non-hydrogen) atoms. The molecule has 1 saturated heterocycles. The molecule has 1 atom stereocenters. The molecule has 0 spiro atoms.